The number of rotatable bonds is 10. The van der Waals surface area contributed by atoms with Crippen LogP contribution < -0.4 is 19.8 Å². The normalized spacial score (nSPS) is 24.0. The zero-order chi connectivity index (χ0) is 29.6. The van der Waals surface area contributed by atoms with Gasteiger partial charge in [-0.05, 0) is 33.1 Å². The third-order valence-electron chi connectivity index (χ3n) is 8.90. The minimum atomic E-state index is -2.77. The van der Waals surface area contributed by atoms with E-state index >= 15 is 0 Å². The lowest BCUT2D eigenvalue weighted by molar-refractivity contribution is -0.149. The lowest BCUT2D eigenvalue weighted by Gasteiger charge is -2.43. The molecule has 0 aliphatic carbocycles. The predicted molar refractivity (Wildman–Crippen MR) is 168 cm³/mol. The van der Waals surface area contributed by atoms with Gasteiger partial charge < -0.3 is 18.6 Å². The van der Waals surface area contributed by atoms with Crippen molar-refractivity contribution in [2.75, 3.05) is 20.8 Å². The van der Waals surface area contributed by atoms with Gasteiger partial charge in [-0.1, -0.05) is 107 Å². The molecule has 4 atom stereocenters. The standard InChI is InChI=1S/C33H43NO5Si2/c1-32(2,3)41(25-15-11-9-12-16-25,26-17-13-10-14-18-26)38-23-29-30-33(31(35)39-29,40(6,7)8)34(30)22-24-19-20-27(36-4)28(21-24)37-5/h9-21,29-30H,22-23H2,1-8H3/t29-,30-,33+,34?/m1/s1. The number of esters is 1. The number of methoxy groups -OCH3 is 2. The lowest BCUT2D eigenvalue weighted by atomic mass is 10.2. The van der Waals surface area contributed by atoms with Crippen molar-refractivity contribution in [3.05, 3.63) is 84.4 Å². The van der Waals surface area contributed by atoms with Gasteiger partial charge in [0, 0.05) is 6.54 Å². The smallest absolute Gasteiger partial charge is 0.325 e. The first kappa shape index (κ1) is 29.6. The Labute approximate surface area is 246 Å². The summed E-state index contributed by atoms with van der Waals surface area (Å²) in [4.78, 5) is 16.1. The fourth-order valence-electron chi connectivity index (χ4n) is 7.04. The van der Waals surface area contributed by atoms with Gasteiger partial charge in [-0.25, -0.2) is 0 Å². The molecule has 218 valence electrons. The number of hydrogen-bond donors (Lipinski definition) is 0. The molecule has 0 radical (unpaired) electrons. The van der Waals surface area contributed by atoms with Crippen LogP contribution in [0.1, 0.15) is 26.3 Å². The maximum atomic E-state index is 13.8. The molecule has 2 aliphatic rings. The van der Waals surface area contributed by atoms with E-state index in [1.54, 1.807) is 14.2 Å². The molecule has 2 heterocycles. The van der Waals surface area contributed by atoms with Crippen LogP contribution in [-0.4, -0.2) is 65.4 Å². The van der Waals surface area contributed by atoms with E-state index in [0.717, 1.165) is 5.56 Å². The molecular weight excluding hydrogens is 547 g/mol. The van der Waals surface area contributed by atoms with Crippen LogP contribution in [0.5, 0.6) is 11.5 Å². The Bertz CT molecular complexity index is 1350. The van der Waals surface area contributed by atoms with Crippen molar-refractivity contribution in [3.8, 4) is 11.5 Å². The molecule has 2 saturated heterocycles. The molecular formula is C33H43NO5Si2. The Morgan fingerprint density at radius 3 is 1.90 bits per heavy atom. The highest BCUT2D eigenvalue weighted by molar-refractivity contribution is 6.99. The summed E-state index contributed by atoms with van der Waals surface area (Å²) < 4.78 is 24.4. The van der Waals surface area contributed by atoms with E-state index in [0.29, 0.717) is 24.7 Å². The van der Waals surface area contributed by atoms with Crippen LogP contribution in [0, 0.1) is 0 Å². The molecule has 2 aliphatic heterocycles. The second-order valence-corrected chi connectivity index (χ2v) is 22.8. The molecule has 0 N–H and O–H groups in total. The number of cyclic esters (lactones) is 1. The summed E-state index contributed by atoms with van der Waals surface area (Å²) in [5.41, 5.74) is 1.08. The number of hydrogen-bond acceptors (Lipinski definition) is 6. The van der Waals surface area contributed by atoms with Gasteiger partial charge in [0.15, 0.2) is 11.5 Å². The molecule has 0 saturated carbocycles. The first-order chi connectivity index (χ1) is 19.4. The first-order valence-corrected chi connectivity index (χ1v) is 19.8. The van der Waals surface area contributed by atoms with Crippen LogP contribution >= 0.6 is 0 Å². The number of morpholine rings is 1. The van der Waals surface area contributed by atoms with E-state index in [-0.39, 0.29) is 23.2 Å². The van der Waals surface area contributed by atoms with Crippen LogP contribution in [0.3, 0.4) is 0 Å². The molecule has 2 fully saturated rings. The van der Waals surface area contributed by atoms with E-state index < -0.39 is 21.6 Å². The minimum absolute atomic E-state index is 0.0204. The Morgan fingerprint density at radius 2 is 1.41 bits per heavy atom. The Hall–Kier alpha value is -2.92. The molecule has 0 amide bonds. The average Bonchev–Trinajstić information content (AvgIpc) is 3.52. The molecule has 41 heavy (non-hydrogen) atoms. The van der Waals surface area contributed by atoms with Crippen LogP contribution in [0.25, 0.3) is 0 Å². The summed E-state index contributed by atoms with van der Waals surface area (Å²) in [6, 6.07) is 27.2. The fraction of sp³-hybridized carbons (Fsp3) is 0.424. The van der Waals surface area contributed by atoms with Crippen molar-refractivity contribution in [2.24, 2.45) is 0 Å². The van der Waals surface area contributed by atoms with E-state index in [4.69, 9.17) is 18.6 Å². The van der Waals surface area contributed by atoms with Crippen molar-refractivity contribution in [2.45, 2.75) is 69.3 Å². The summed E-state index contributed by atoms with van der Waals surface area (Å²) in [5.74, 6) is 1.28. The summed E-state index contributed by atoms with van der Waals surface area (Å²) >= 11 is 0. The predicted octanol–water partition coefficient (Wildman–Crippen LogP) is 5.01. The van der Waals surface area contributed by atoms with Crippen molar-refractivity contribution in [1.29, 1.82) is 0 Å². The number of fused-ring (bicyclic) bond motifs is 1. The molecule has 3 aromatic rings. The number of carbonyl (C=O) groups is 1. The second-order valence-electron chi connectivity index (χ2n) is 13.2. The highest BCUT2D eigenvalue weighted by atomic mass is 28.4. The summed E-state index contributed by atoms with van der Waals surface area (Å²) in [6.07, 6.45) is -0.337. The third kappa shape index (κ3) is 4.74. The van der Waals surface area contributed by atoms with Crippen molar-refractivity contribution in [3.63, 3.8) is 0 Å². The van der Waals surface area contributed by atoms with E-state index in [1.165, 1.54) is 10.4 Å². The van der Waals surface area contributed by atoms with Gasteiger partial charge in [-0.2, -0.15) is 0 Å². The maximum absolute atomic E-state index is 13.8. The van der Waals surface area contributed by atoms with E-state index in [1.807, 2.05) is 30.3 Å². The zero-order valence-electron chi connectivity index (χ0n) is 25.6. The summed E-state index contributed by atoms with van der Waals surface area (Å²) in [6.45, 7) is 14.6. The van der Waals surface area contributed by atoms with Gasteiger partial charge in [0.2, 0.25) is 0 Å². The number of carbonyl (C=O) groups excluding carboxylic acids is 1. The quantitative estimate of drug-likeness (QED) is 0.188. The van der Waals surface area contributed by atoms with Crippen LogP contribution in [0.15, 0.2) is 78.9 Å². The van der Waals surface area contributed by atoms with Gasteiger partial charge in [0.05, 0.1) is 34.9 Å². The van der Waals surface area contributed by atoms with Crippen molar-refractivity contribution in [1.82, 2.24) is 4.90 Å². The largest absolute Gasteiger partial charge is 0.493 e. The summed E-state index contributed by atoms with van der Waals surface area (Å²) in [5, 5.41) is 1.71. The highest BCUT2D eigenvalue weighted by Gasteiger charge is 2.81. The molecule has 0 bridgehead atoms. The topological polar surface area (TPSA) is 57.0 Å². The van der Waals surface area contributed by atoms with Gasteiger partial charge >= 0.3 is 5.97 Å². The van der Waals surface area contributed by atoms with Crippen LogP contribution in [-0.2, 0) is 20.5 Å². The van der Waals surface area contributed by atoms with Crippen molar-refractivity contribution >= 4 is 32.7 Å². The van der Waals surface area contributed by atoms with Crippen LogP contribution in [0.2, 0.25) is 24.7 Å². The highest BCUT2D eigenvalue weighted by Crippen LogP contribution is 2.56. The lowest BCUT2D eigenvalue weighted by Crippen LogP contribution is -2.67. The van der Waals surface area contributed by atoms with E-state index in [2.05, 4.69) is 93.8 Å². The van der Waals surface area contributed by atoms with Crippen LogP contribution in [0.4, 0.5) is 0 Å². The third-order valence-corrected chi connectivity index (χ3v) is 17.0. The van der Waals surface area contributed by atoms with E-state index in [9.17, 15) is 4.79 Å². The summed E-state index contributed by atoms with van der Waals surface area (Å²) in [7, 11) is -1.51. The number of benzene rings is 3. The molecule has 1 unspecified atom stereocenters. The monoisotopic (exact) mass is 589 g/mol. The molecule has 0 spiro atoms. The number of ether oxygens (including phenoxy) is 3. The molecule has 6 nitrogen and oxygen atoms in total. The zero-order valence-corrected chi connectivity index (χ0v) is 27.6. The molecule has 0 aromatic heterocycles. The Kier molecular flexibility index (Phi) is 7.74. The maximum Gasteiger partial charge on any atom is 0.325 e. The van der Waals surface area contributed by atoms with Crippen molar-refractivity contribution < 1.29 is 23.4 Å². The van der Waals surface area contributed by atoms with Gasteiger partial charge in [-0.15, -0.1) is 0 Å². The molecule has 8 heteroatoms. The molecule has 3 aromatic carbocycles. The first-order valence-electron chi connectivity index (χ1n) is 14.4. The SMILES string of the molecule is COc1ccc(CN2[C@@H]3[C@@H](CO[Si](c4ccccc4)(c4ccccc4)C(C)(C)C)OC(=O)[C@@]32[Si](C)(C)C)cc1OC. The average molecular weight is 590 g/mol. The van der Waals surface area contributed by atoms with Gasteiger partial charge in [0.25, 0.3) is 8.32 Å². The molecule has 5 rings (SSSR count). The van der Waals surface area contributed by atoms with Gasteiger partial charge in [-0.3, -0.25) is 9.69 Å². The number of nitrogens with zero attached hydrogens (tertiary/aromatic N) is 1. The Morgan fingerprint density at radius 1 is 0.854 bits per heavy atom. The fourth-order valence-corrected chi connectivity index (χ4v) is 14.5. The Balaban J connectivity index is 1.49. The minimum Gasteiger partial charge on any atom is -0.493 e. The second kappa shape index (κ2) is 10.7. The van der Waals surface area contributed by atoms with Gasteiger partial charge in [0.1, 0.15) is 11.3 Å².